The molecule has 26 heavy (non-hydrogen) atoms. The monoisotopic (exact) mass is 367 g/mol. The van der Waals surface area contributed by atoms with Crippen LogP contribution in [0.1, 0.15) is 43.6 Å². The summed E-state index contributed by atoms with van der Waals surface area (Å²) in [4.78, 5) is 13.8. The number of aromatic nitrogens is 2. The molecule has 2 heterocycles. The number of hydrogen-bond acceptors (Lipinski definition) is 3. The maximum atomic E-state index is 13.0. The van der Waals surface area contributed by atoms with E-state index in [9.17, 15) is 18.0 Å². The minimum absolute atomic E-state index is 0.107. The molecule has 0 N–H and O–H groups in total. The normalized spacial score (nSPS) is 17.8. The zero-order valence-electron chi connectivity index (χ0n) is 14.5. The Bertz CT molecular complexity index is 772. The lowest BCUT2D eigenvalue weighted by molar-refractivity contribution is -0.141. The molecule has 5 nitrogen and oxygen atoms in total. The van der Waals surface area contributed by atoms with Gasteiger partial charge in [-0.15, -0.1) is 0 Å². The minimum atomic E-state index is -4.49. The average molecular weight is 367 g/mol. The smallest absolute Gasteiger partial charge is 0.410 e. The Hall–Kier alpha value is -2.51. The number of nitrogens with zero attached hydrogens (tertiary/aromatic N) is 3. The van der Waals surface area contributed by atoms with E-state index in [1.54, 1.807) is 24.3 Å². The SMILES string of the molecule is CC(C)c1cc(C(F)(F)F)nn1C1CCN(C(=O)Oc2ccccc2)C1. The summed E-state index contributed by atoms with van der Waals surface area (Å²) in [5.74, 6) is 0.325. The summed E-state index contributed by atoms with van der Waals surface area (Å²) in [7, 11) is 0. The fourth-order valence-corrected chi connectivity index (χ4v) is 3.03. The van der Waals surface area contributed by atoms with E-state index in [0.29, 0.717) is 24.4 Å². The Morgan fingerprint density at radius 3 is 2.58 bits per heavy atom. The van der Waals surface area contributed by atoms with E-state index in [4.69, 9.17) is 4.74 Å². The van der Waals surface area contributed by atoms with Gasteiger partial charge in [-0.05, 0) is 30.5 Å². The molecule has 0 aliphatic carbocycles. The molecule has 1 atom stereocenters. The molecule has 1 amide bonds. The van der Waals surface area contributed by atoms with Crippen molar-refractivity contribution >= 4 is 6.09 Å². The van der Waals surface area contributed by atoms with Crippen molar-refractivity contribution in [3.63, 3.8) is 0 Å². The summed E-state index contributed by atoms with van der Waals surface area (Å²) in [6, 6.07) is 9.46. The first-order valence-corrected chi connectivity index (χ1v) is 8.44. The van der Waals surface area contributed by atoms with Crippen LogP contribution in [0.2, 0.25) is 0 Å². The summed E-state index contributed by atoms with van der Waals surface area (Å²) in [5.41, 5.74) is -0.382. The Morgan fingerprint density at radius 1 is 1.27 bits per heavy atom. The average Bonchev–Trinajstić information content (AvgIpc) is 3.22. The third-order valence-electron chi connectivity index (χ3n) is 4.36. The Balaban J connectivity index is 1.74. The molecule has 2 aromatic rings. The van der Waals surface area contributed by atoms with Crippen molar-refractivity contribution in [3.8, 4) is 5.75 Å². The van der Waals surface area contributed by atoms with Gasteiger partial charge in [0.2, 0.25) is 0 Å². The topological polar surface area (TPSA) is 47.4 Å². The molecular weight excluding hydrogens is 347 g/mol. The van der Waals surface area contributed by atoms with Gasteiger partial charge in [-0.1, -0.05) is 32.0 Å². The summed E-state index contributed by atoms with van der Waals surface area (Å²) in [6.07, 6.45) is -4.46. The number of para-hydroxylation sites is 1. The molecule has 1 aliphatic rings. The summed E-state index contributed by atoms with van der Waals surface area (Å²) in [5, 5.41) is 3.78. The molecule has 1 unspecified atom stereocenters. The molecule has 140 valence electrons. The second-order valence-electron chi connectivity index (χ2n) is 6.62. The number of halogens is 3. The lowest BCUT2D eigenvalue weighted by Gasteiger charge is -2.18. The summed E-state index contributed by atoms with van der Waals surface area (Å²) in [6.45, 7) is 4.33. The maximum absolute atomic E-state index is 13.0. The van der Waals surface area contributed by atoms with Gasteiger partial charge < -0.3 is 9.64 Å². The van der Waals surface area contributed by atoms with Crippen LogP contribution < -0.4 is 4.74 Å². The lowest BCUT2D eigenvalue weighted by Crippen LogP contribution is -2.32. The molecule has 8 heteroatoms. The highest BCUT2D eigenvalue weighted by Gasteiger charge is 2.37. The molecule has 0 radical (unpaired) electrons. The van der Waals surface area contributed by atoms with Crippen LogP contribution in [0, 0.1) is 0 Å². The molecule has 0 bridgehead atoms. The van der Waals surface area contributed by atoms with Gasteiger partial charge in [0.1, 0.15) is 5.75 Å². The van der Waals surface area contributed by atoms with E-state index in [1.165, 1.54) is 9.58 Å². The molecule has 1 fully saturated rings. The number of alkyl halides is 3. The molecule has 1 aromatic carbocycles. The van der Waals surface area contributed by atoms with E-state index >= 15 is 0 Å². The Morgan fingerprint density at radius 2 is 1.96 bits per heavy atom. The fraction of sp³-hybridized carbons (Fsp3) is 0.444. The molecule has 1 aromatic heterocycles. The zero-order valence-corrected chi connectivity index (χ0v) is 14.5. The maximum Gasteiger partial charge on any atom is 0.435 e. The largest absolute Gasteiger partial charge is 0.435 e. The first-order valence-electron chi connectivity index (χ1n) is 8.44. The number of ether oxygens (including phenoxy) is 1. The Labute approximate surface area is 149 Å². The van der Waals surface area contributed by atoms with Crippen LogP contribution in [0.25, 0.3) is 0 Å². The second-order valence-corrected chi connectivity index (χ2v) is 6.62. The van der Waals surface area contributed by atoms with E-state index in [-0.39, 0.29) is 18.5 Å². The van der Waals surface area contributed by atoms with Gasteiger partial charge in [0.25, 0.3) is 0 Å². The second kappa shape index (κ2) is 7.01. The third kappa shape index (κ3) is 3.84. The zero-order chi connectivity index (χ0) is 18.9. The lowest BCUT2D eigenvalue weighted by atomic mass is 10.1. The number of rotatable bonds is 3. The van der Waals surface area contributed by atoms with Crippen LogP contribution in [0.3, 0.4) is 0 Å². The number of amides is 1. The van der Waals surface area contributed by atoms with Gasteiger partial charge in [-0.25, -0.2) is 4.79 Å². The van der Waals surface area contributed by atoms with Crippen LogP contribution >= 0.6 is 0 Å². The van der Waals surface area contributed by atoms with Crippen LogP contribution in [0.4, 0.5) is 18.0 Å². The van der Waals surface area contributed by atoms with E-state index in [1.807, 2.05) is 19.9 Å². The van der Waals surface area contributed by atoms with Gasteiger partial charge in [-0.2, -0.15) is 18.3 Å². The standard InChI is InChI=1S/C18H20F3N3O2/c1-12(2)15-10-16(18(19,20)21)22-24(15)13-8-9-23(11-13)17(25)26-14-6-4-3-5-7-14/h3-7,10,12-13H,8-9,11H2,1-2H3. The predicted molar refractivity (Wildman–Crippen MR) is 89.0 cm³/mol. The summed E-state index contributed by atoms with van der Waals surface area (Å²) >= 11 is 0. The van der Waals surface area contributed by atoms with Crippen molar-refractivity contribution in [2.24, 2.45) is 0 Å². The van der Waals surface area contributed by atoms with Gasteiger partial charge >= 0.3 is 12.3 Å². The van der Waals surface area contributed by atoms with Crippen molar-refractivity contribution < 1.29 is 22.7 Å². The van der Waals surface area contributed by atoms with Crippen LogP contribution in [0.15, 0.2) is 36.4 Å². The van der Waals surface area contributed by atoms with Crippen molar-refractivity contribution in [1.29, 1.82) is 0 Å². The first-order chi connectivity index (χ1) is 12.3. The fourth-order valence-electron chi connectivity index (χ4n) is 3.03. The van der Waals surface area contributed by atoms with Gasteiger partial charge in [0, 0.05) is 18.8 Å². The van der Waals surface area contributed by atoms with Crippen molar-refractivity contribution in [3.05, 3.63) is 47.8 Å². The summed E-state index contributed by atoms with van der Waals surface area (Å²) < 4.78 is 45.8. The van der Waals surface area contributed by atoms with Crippen molar-refractivity contribution in [1.82, 2.24) is 14.7 Å². The molecular formula is C18H20F3N3O2. The van der Waals surface area contributed by atoms with Crippen molar-refractivity contribution in [2.45, 2.75) is 38.4 Å². The molecule has 0 saturated carbocycles. The highest BCUT2D eigenvalue weighted by Crippen LogP contribution is 2.33. The molecule has 0 spiro atoms. The number of likely N-dealkylation sites (tertiary alicyclic amines) is 1. The van der Waals surface area contributed by atoms with Gasteiger partial charge in [0.05, 0.1) is 6.04 Å². The van der Waals surface area contributed by atoms with Crippen molar-refractivity contribution in [2.75, 3.05) is 13.1 Å². The van der Waals surface area contributed by atoms with Crippen LogP contribution in [-0.2, 0) is 6.18 Å². The molecule has 1 aliphatic heterocycles. The Kier molecular flexibility index (Phi) is 4.93. The highest BCUT2D eigenvalue weighted by atomic mass is 19.4. The van der Waals surface area contributed by atoms with E-state index < -0.39 is 18.0 Å². The first kappa shape index (κ1) is 18.3. The van der Waals surface area contributed by atoms with Gasteiger partial charge in [0.15, 0.2) is 5.69 Å². The molecule has 1 saturated heterocycles. The predicted octanol–water partition coefficient (Wildman–Crippen LogP) is 4.47. The number of benzene rings is 1. The van der Waals surface area contributed by atoms with E-state index in [2.05, 4.69) is 5.10 Å². The highest BCUT2D eigenvalue weighted by molar-refractivity contribution is 5.71. The third-order valence-corrected chi connectivity index (χ3v) is 4.36. The number of hydrogen-bond donors (Lipinski definition) is 0. The quantitative estimate of drug-likeness (QED) is 0.804. The van der Waals surface area contributed by atoms with E-state index in [0.717, 1.165) is 6.07 Å². The molecule has 3 rings (SSSR count). The minimum Gasteiger partial charge on any atom is -0.410 e. The number of carbonyl (C=O) groups excluding carboxylic acids is 1. The van der Waals surface area contributed by atoms with Gasteiger partial charge in [-0.3, -0.25) is 4.68 Å². The number of carbonyl (C=O) groups is 1. The van der Waals surface area contributed by atoms with Crippen LogP contribution in [-0.4, -0.2) is 33.9 Å². The van der Waals surface area contributed by atoms with Crippen LogP contribution in [0.5, 0.6) is 5.75 Å².